The molecular weight excluding hydrogens is 410 g/mol. The smallest absolute Gasteiger partial charge is 0.321 e. The molecule has 3 aromatic rings. The van der Waals surface area contributed by atoms with Crippen LogP contribution in [-0.2, 0) is 22.4 Å². The second kappa shape index (κ2) is 10.4. The minimum absolute atomic E-state index is 0.172. The first-order valence-electron chi connectivity index (χ1n) is 10.1. The molecule has 0 saturated carbocycles. The largest absolute Gasteiger partial charge is 0.489 e. The van der Waals surface area contributed by atoms with Crippen molar-refractivity contribution in [3.05, 3.63) is 83.9 Å². The Morgan fingerprint density at radius 3 is 2.10 bits per heavy atom. The van der Waals surface area contributed by atoms with Crippen molar-refractivity contribution in [1.82, 2.24) is 4.72 Å². The Hall–Kier alpha value is -2.96. The minimum Gasteiger partial charge on any atom is -0.489 e. The maximum absolute atomic E-state index is 12.5. The number of carbonyl (C=O) groups is 1. The normalized spacial score (nSPS) is 13.0. The lowest BCUT2D eigenvalue weighted by Crippen LogP contribution is -2.41. The van der Waals surface area contributed by atoms with Crippen molar-refractivity contribution in [2.45, 2.75) is 38.3 Å². The zero-order valence-corrected chi connectivity index (χ0v) is 18.7. The van der Waals surface area contributed by atoms with Crippen molar-refractivity contribution in [2.75, 3.05) is 0 Å². The predicted molar refractivity (Wildman–Crippen MR) is 123 cm³/mol. The highest BCUT2D eigenvalue weighted by molar-refractivity contribution is 7.83. The topological polar surface area (TPSA) is 75.6 Å². The van der Waals surface area contributed by atoms with Crippen LogP contribution in [0.2, 0.25) is 0 Å². The van der Waals surface area contributed by atoms with E-state index in [1.165, 1.54) is 0 Å². The molecule has 0 aliphatic heterocycles. The van der Waals surface area contributed by atoms with E-state index in [0.29, 0.717) is 11.5 Å². The van der Waals surface area contributed by atoms with Crippen molar-refractivity contribution >= 4 is 17.0 Å². The molecule has 0 saturated heterocycles. The van der Waals surface area contributed by atoms with Crippen LogP contribution in [0.15, 0.2) is 77.7 Å². The second-order valence-electron chi connectivity index (χ2n) is 7.72. The molecule has 0 fully saturated rings. The fourth-order valence-electron chi connectivity index (χ4n) is 3.10. The van der Waals surface area contributed by atoms with E-state index in [2.05, 4.69) is 4.72 Å². The molecule has 0 bridgehead atoms. The molecule has 0 amide bonds. The third-order valence-corrected chi connectivity index (χ3v) is 6.18. The molecule has 0 aliphatic carbocycles. The molecule has 0 aromatic heterocycles. The summed E-state index contributed by atoms with van der Waals surface area (Å²) >= 11 is 0. The molecule has 6 heteroatoms. The Labute approximate surface area is 185 Å². The van der Waals surface area contributed by atoms with Gasteiger partial charge in [-0.05, 0) is 53.3 Å². The van der Waals surface area contributed by atoms with Gasteiger partial charge in [0.2, 0.25) is 0 Å². The molecule has 0 spiro atoms. The molecule has 5 nitrogen and oxygen atoms in total. The summed E-state index contributed by atoms with van der Waals surface area (Å²) in [6.07, 6.45) is 0. The number of benzene rings is 3. The monoisotopic (exact) mass is 437 g/mol. The van der Waals surface area contributed by atoms with Gasteiger partial charge in [0, 0.05) is 0 Å². The summed E-state index contributed by atoms with van der Waals surface area (Å²) < 4.78 is 21.1. The van der Waals surface area contributed by atoms with Crippen LogP contribution >= 0.6 is 0 Å². The third-order valence-electron chi connectivity index (χ3n) is 5.01. The maximum atomic E-state index is 12.5. The first-order chi connectivity index (χ1) is 14.8. The van der Waals surface area contributed by atoms with Crippen LogP contribution in [0.25, 0.3) is 11.1 Å². The van der Waals surface area contributed by atoms with Crippen LogP contribution in [-0.4, -0.2) is 21.3 Å². The summed E-state index contributed by atoms with van der Waals surface area (Å²) in [4.78, 5) is 11.9. The van der Waals surface area contributed by atoms with Gasteiger partial charge >= 0.3 is 5.97 Å². The van der Waals surface area contributed by atoms with E-state index < -0.39 is 23.0 Å². The van der Waals surface area contributed by atoms with Gasteiger partial charge in [0.25, 0.3) is 0 Å². The fourth-order valence-corrected chi connectivity index (χ4v) is 4.22. The van der Waals surface area contributed by atoms with Crippen molar-refractivity contribution < 1.29 is 18.8 Å². The number of nitrogens with one attached hydrogen (secondary N) is 1. The Bertz CT molecular complexity index is 1050. The van der Waals surface area contributed by atoms with Crippen molar-refractivity contribution in [2.24, 2.45) is 5.92 Å². The lowest BCUT2D eigenvalue weighted by atomic mass is 10.0. The van der Waals surface area contributed by atoms with Gasteiger partial charge in [-0.15, -0.1) is 0 Å². The average molecular weight is 438 g/mol. The van der Waals surface area contributed by atoms with Gasteiger partial charge in [0.1, 0.15) is 29.4 Å². The molecule has 2 N–H and O–H groups in total. The van der Waals surface area contributed by atoms with Crippen LogP contribution < -0.4 is 9.46 Å². The number of ether oxygens (including phenoxy) is 1. The predicted octanol–water partition coefficient (Wildman–Crippen LogP) is 4.96. The lowest BCUT2D eigenvalue weighted by Gasteiger charge is -2.17. The SMILES string of the molecule is Cc1ccccc1OCc1ccc(-c2ccc(S(=O)NC(C(=O)O)C(C)C)cc2)cc1. The van der Waals surface area contributed by atoms with Crippen molar-refractivity contribution in [3.8, 4) is 16.9 Å². The fraction of sp³-hybridized carbons (Fsp3) is 0.240. The number of para-hydroxylation sites is 1. The highest BCUT2D eigenvalue weighted by Gasteiger charge is 2.23. The molecule has 3 aromatic carbocycles. The van der Waals surface area contributed by atoms with Gasteiger partial charge < -0.3 is 9.84 Å². The second-order valence-corrected chi connectivity index (χ2v) is 8.97. The van der Waals surface area contributed by atoms with Gasteiger partial charge in [-0.1, -0.05) is 68.4 Å². The quantitative estimate of drug-likeness (QED) is 0.496. The standard InChI is InChI=1S/C25H27NO4S/c1-17(2)24(25(27)28)26-31(29)22-14-12-21(13-15-22)20-10-8-19(9-11-20)16-30-23-7-5-4-6-18(23)3/h4-15,17,24,26H,16H2,1-3H3,(H,27,28). The molecule has 162 valence electrons. The van der Waals surface area contributed by atoms with E-state index in [1.807, 2.05) is 67.6 Å². The van der Waals surface area contributed by atoms with E-state index in [-0.39, 0.29) is 5.92 Å². The molecule has 0 heterocycles. The molecular formula is C25H27NO4S. The van der Waals surface area contributed by atoms with E-state index in [0.717, 1.165) is 28.0 Å². The number of carboxylic acid groups (broad SMARTS) is 1. The van der Waals surface area contributed by atoms with Gasteiger partial charge in [-0.2, -0.15) is 0 Å². The molecule has 31 heavy (non-hydrogen) atoms. The maximum Gasteiger partial charge on any atom is 0.321 e. The highest BCUT2D eigenvalue weighted by Crippen LogP contribution is 2.23. The molecule has 0 radical (unpaired) electrons. The van der Waals surface area contributed by atoms with Crippen LogP contribution in [0.4, 0.5) is 0 Å². The Morgan fingerprint density at radius 1 is 0.968 bits per heavy atom. The third kappa shape index (κ3) is 6.03. The minimum atomic E-state index is -1.59. The van der Waals surface area contributed by atoms with Crippen molar-refractivity contribution in [3.63, 3.8) is 0 Å². The molecule has 2 atom stereocenters. The van der Waals surface area contributed by atoms with Gasteiger partial charge in [-0.25, -0.2) is 8.93 Å². The number of aryl methyl sites for hydroxylation is 1. The van der Waals surface area contributed by atoms with E-state index in [9.17, 15) is 14.1 Å². The number of hydrogen-bond acceptors (Lipinski definition) is 3. The Kier molecular flexibility index (Phi) is 7.60. The first kappa shape index (κ1) is 22.7. The number of rotatable bonds is 9. The van der Waals surface area contributed by atoms with Crippen LogP contribution in [0.5, 0.6) is 5.75 Å². The van der Waals surface area contributed by atoms with Crippen molar-refractivity contribution in [1.29, 1.82) is 0 Å². The van der Waals surface area contributed by atoms with E-state index in [4.69, 9.17) is 4.74 Å². The Morgan fingerprint density at radius 2 is 1.55 bits per heavy atom. The van der Waals surface area contributed by atoms with Crippen LogP contribution in [0.3, 0.4) is 0 Å². The lowest BCUT2D eigenvalue weighted by molar-refractivity contribution is -0.140. The molecule has 3 rings (SSSR count). The van der Waals surface area contributed by atoms with E-state index in [1.54, 1.807) is 26.0 Å². The number of carboxylic acids is 1. The molecule has 2 unspecified atom stereocenters. The molecule has 0 aliphatic rings. The summed E-state index contributed by atoms with van der Waals surface area (Å²) in [6, 6.07) is 22.5. The highest BCUT2D eigenvalue weighted by atomic mass is 32.2. The van der Waals surface area contributed by atoms with Crippen LogP contribution in [0.1, 0.15) is 25.0 Å². The summed E-state index contributed by atoms with van der Waals surface area (Å²) in [5.74, 6) is -0.299. The van der Waals surface area contributed by atoms with E-state index >= 15 is 0 Å². The van der Waals surface area contributed by atoms with Crippen LogP contribution in [0, 0.1) is 12.8 Å². The zero-order chi connectivity index (χ0) is 22.4. The summed E-state index contributed by atoms with van der Waals surface area (Å²) in [5, 5.41) is 9.27. The first-order valence-corrected chi connectivity index (χ1v) is 11.3. The van der Waals surface area contributed by atoms with Gasteiger partial charge in [-0.3, -0.25) is 4.79 Å². The zero-order valence-electron chi connectivity index (χ0n) is 17.9. The number of hydrogen-bond donors (Lipinski definition) is 2. The summed E-state index contributed by atoms with van der Waals surface area (Å²) in [7, 11) is -1.59. The summed E-state index contributed by atoms with van der Waals surface area (Å²) in [5.41, 5.74) is 4.21. The summed E-state index contributed by atoms with van der Waals surface area (Å²) in [6.45, 7) is 6.08. The average Bonchev–Trinajstić information content (AvgIpc) is 2.77. The van der Waals surface area contributed by atoms with Gasteiger partial charge in [0.05, 0.1) is 4.90 Å². The number of aliphatic carboxylic acids is 1. The Balaban J connectivity index is 1.63. The van der Waals surface area contributed by atoms with Gasteiger partial charge in [0.15, 0.2) is 0 Å².